The monoisotopic (exact) mass is 499 g/mol. The van der Waals surface area contributed by atoms with Crippen molar-refractivity contribution in [1.29, 1.82) is 0 Å². The second kappa shape index (κ2) is 8.58. The summed E-state index contributed by atoms with van der Waals surface area (Å²) in [6.07, 6.45) is -2.24. The Hall–Kier alpha value is -2.56. The lowest BCUT2D eigenvalue weighted by molar-refractivity contribution is -0.136. The number of hydrogen-bond acceptors (Lipinski definition) is 6. The van der Waals surface area contributed by atoms with Gasteiger partial charge in [0.2, 0.25) is 5.88 Å². The Kier molecular flexibility index (Phi) is 6.20. The SMILES string of the molecule is CNC(=O)c1csc2c(C(F)(F)F)cc(OC3CC4(CCN(C(=O)OC(C)(C)C)CC4)C3)nc12. The van der Waals surface area contributed by atoms with Crippen molar-refractivity contribution in [3.63, 3.8) is 0 Å². The number of carbonyl (C=O) groups is 2. The molecule has 2 aromatic heterocycles. The molecular weight excluding hydrogens is 471 g/mol. The van der Waals surface area contributed by atoms with E-state index in [-0.39, 0.29) is 39.3 Å². The molecule has 1 saturated carbocycles. The molecule has 2 aliphatic rings. The Morgan fingerprint density at radius 2 is 1.85 bits per heavy atom. The molecule has 0 radical (unpaired) electrons. The first-order chi connectivity index (χ1) is 15.8. The minimum absolute atomic E-state index is 0.00567. The van der Waals surface area contributed by atoms with Gasteiger partial charge in [0.05, 0.1) is 21.3 Å². The topological polar surface area (TPSA) is 80.8 Å². The first-order valence-corrected chi connectivity index (χ1v) is 12.0. The van der Waals surface area contributed by atoms with E-state index < -0.39 is 23.2 Å². The molecule has 0 bridgehead atoms. The number of pyridine rings is 1. The molecule has 1 aliphatic heterocycles. The average Bonchev–Trinajstić information content (AvgIpc) is 3.13. The molecule has 1 N–H and O–H groups in total. The lowest BCUT2D eigenvalue weighted by Gasteiger charge is -2.51. The second-order valence-corrected chi connectivity index (χ2v) is 10.9. The third-order valence-electron chi connectivity index (χ3n) is 6.36. The van der Waals surface area contributed by atoms with Gasteiger partial charge in [0.15, 0.2) is 0 Å². The lowest BCUT2D eigenvalue weighted by atomic mass is 9.61. The van der Waals surface area contributed by atoms with Gasteiger partial charge in [-0.05, 0) is 51.9 Å². The minimum atomic E-state index is -4.60. The van der Waals surface area contributed by atoms with Crippen LogP contribution in [-0.4, -0.2) is 53.7 Å². The third-order valence-corrected chi connectivity index (χ3v) is 7.36. The highest BCUT2D eigenvalue weighted by atomic mass is 32.1. The third kappa shape index (κ3) is 4.94. The summed E-state index contributed by atoms with van der Waals surface area (Å²) in [5.74, 6) is -0.627. The van der Waals surface area contributed by atoms with E-state index in [2.05, 4.69) is 10.3 Å². The quantitative estimate of drug-likeness (QED) is 0.625. The van der Waals surface area contributed by atoms with Gasteiger partial charge in [-0.25, -0.2) is 9.78 Å². The fourth-order valence-corrected chi connectivity index (χ4v) is 5.63. The standard InChI is InChI=1S/C23H28F3N3O4S/c1-21(2,3)33-20(31)29-7-5-22(6-8-29)10-13(11-22)32-16-9-15(23(24,25)26)18-17(28-16)14(12-34-18)19(30)27-4/h9,12-13H,5-8,10-11H2,1-4H3,(H,27,30). The fraction of sp³-hybridized carbons (Fsp3) is 0.609. The number of ether oxygens (including phenoxy) is 2. The number of piperidine rings is 1. The number of rotatable bonds is 3. The van der Waals surface area contributed by atoms with E-state index in [1.165, 1.54) is 12.4 Å². The summed E-state index contributed by atoms with van der Waals surface area (Å²) in [5.41, 5.74) is -1.31. The molecule has 1 saturated heterocycles. The number of aromatic nitrogens is 1. The molecule has 1 aliphatic carbocycles. The number of alkyl halides is 3. The first-order valence-electron chi connectivity index (χ1n) is 11.2. The second-order valence-electron chi connectivity index (χ2n) is 10.0. The molecule has 2 amide bonds. The van der Waals surface area contributed by atoms with Crippen LogP contribution in [0.2, 0.25) is 0 Å². The highest BCUT2D eigenvalue weighted by molar-refractivity contribution is 7.17. The number of likely N-dealkylation sites (tertiary alicyclic amines) is 1. The van der Waals surface area contributed by atoms with Crippen LogP contribution in [0.25, 0.3) is 10.2 Å². The van der Waals surface area contributed by atoms with Crippen molar-refractivity contribution < 1.29 is 32.2 Å². The number of carbonyl (C=O) groups excluding carboxylic acids is 2. The summed E-state index contributed by atoms with van der Waals surface area (Å²) in [7, 11) is 1.42. The van der Waals surface area contributed by atoms with Crippen LogP contribution in [0.15, 0.2) is 11.4 Å². The summed E-state index contributed by atoms with van der Waals surface area (Å²) in [6, 6.07) is 0.919. The maximum Gasteiger partial charge on any atom is 0.418 e. The smallest absolute Gasteiger partial charge is 0.418 e. The van der Waals surface area contributed by atoms with Crippen LogP contribution in [0.3, 0.4) is 0 Å². The van der Waals surface area contributed by atoms with Crippen molar-refractivity contribution in [2.24, 2.45) is 5.41 Å². The number of amides is 2. The van der Waals surface area contributed by atoms with Gasteiger partial charge in [-0.1, -0.05) is 0 Å². The van der Waals surface area contributed by atoms with E-state index >= 15 is 0 Å². The van der Waals surface area contributed by atoms with E-state index in [1.807, 2.05) is 20.8 Å². The van der Waals surface area contributed by atoms with Gasteiger partial charge in [-0.2, -0.15) is 13.2 Å². The number of thiophene rings is 1. The predicted octanol–water partition coefficient (Wildman–Crippen LogP) is 5.23. The Morgan fingerprint density at radius 3 is 2.41 bits per heavy atom. The molecule has 0 unspecified atom stereocenters. The van der Waals surface area contributed by atoms with Crippen LogP contribution < -0.4 is 10.1 Å². The van der Waals surface area contributed by atoms with E-state index in [0.29, 0.717) is 25.9 Å². The maximum atomic E-state index is 13.7. The molecule has 1 spiro atoms. The van der Waals surface area contributed by atoms with Crippen molar-refractivity contribution in [1.82, 2.24) is 15.2 Å². The van der Waals surface area contributed by atoms with E-state index in [1.54, 1.807) is 4.90 Å². The Bertz CT molecular complexity index is 1090. The molecule has 186 valence electrons. The molecule has 2 fully saturated rings. The molecule has 34 heavy (non-hydrogen) atoms. The Labute approximate surface area is 199 Å². The van der Waals surface area contributed by atoms with Crippen molar-refractivity contribution in [3.8, 4) is 5.88 Å². The summed E-state index contributed by atoms with van der Waals surface area (Å²) >= 11 is 0.840. The molecule has 4 rings (SSSR count). The van der Waals surface area contributed by atoms with Gasteiger partial charge < -0.3 is 19.7 Å². The average molecular weight is 500 g/mol. The normalized spacial score (nSPS) is 18.6. The van der Waals surface area contributed by atoms with E-state index in [0.717, 1.165) is 30.2 Å². The van der Waals surface area contributed by atoms with Gasteiger partial charge in [0, 0.05) is 31.6 Å². The Morgan fingerprint density at radius 1 is 1.21 bits per heavy atom. The minimum Gasteiger partial charge on any atom is -0.474 e. The number of halogens is 3. The number of nitrogens with one attached hydrogen (secondary N) is 1. The van der Waals surface area contributed by atoms with Crippen LogP contribution in [0, 0.1) is 5.41 Å². The molecule has 3 heterocycles. The van der Waals surface area contributed by atoms with Crippen LogP contribution in [0.5, 0.6) is 5.88 Å². The van der Waals surface area contributed by atoms with Crippen molar-refractivity contribution >= 4 is 33.6 Å². The van der Waals surface area contributed by atoms with Crippen LogP contribution in [-0.2, 0) is 10.9 Å². The molecule has 2 aromatic rings. The molecule has 11 heteroatoms. The first kappa shape index (κ1) is 24.6. The maximum absolute atomic E-state index is 13.7. The highest BCUT2D eigenvalue weighted by Gasteiger charge is 2.48. The van der Waals surface area contributed by atoms with Crippen LogP contribution >= 0.6 is 11.3 Å². The Balaban J connectivity index is 1.44. The molecule has 7 nitrogen and oxygen atoms in total. The number of nitrogens with zero attached hydrogens (tertiary/aromatic N) is 2. The van der Waals surface area contributed by atoms with Gasteiger partial charge in [0.1, 0.15) is 11.7 Å². The van der Waals surface area contributed by atoms with Crippen molar-refractivity contribution in [2.75, 3.05) is 20.1 Å². The van der Waals surface area contributed by atoms with E-state index in [9.17, 15) is 22.8 Å². The summed E-state index contributed by atoms with van der Waals surface area (Å²) in [6.45, 7) is 6.64. The van der Waals surface area contributed by atoms with Crippen molar-refractivity contribution in [3.05, 3.63) is 22.6 Å². The molecule has 0 aromatic carbocycles. The summed E-state index contributed by atoms with van der Waals surface area (Å²) < 4.78 is 52.3. The molecule has 0 atom stereocenters. The highest BCUT2D eigenvalue weighted by Crippen LogP contribution is 2.51. The van der Waals surface area contributed by atoms with Crippen LogP contribution in [0.4, 0.5) is 18.0 Å². The van der Waals surface area contributed by atoms with Gasteiger partial charge in [-0.15, -0.1) is 11.3 Å². The predicted molar refractivity (Wildman–Crippen MR) is 121 cm³/mol. The van der Waals surface area contributed by atoms with E-state index in [4.69, 9.17) is 9.47 Å². The van der Waals surface area contributed by atoms with Crippen LogP contribution in [0.1, 0.15) is 62.4 Å². The zero-order chi connectivity index (χ0) is 24.9. The molecular formula is C23H28F3N3O4S. The van der Waals surface area contributed by atoms with Crippen molar-refractivity contribution in [2.45, 2.75) is 64.3 Å². The summed E-state index contributed by atoms with van der Waals surface area (Å²) in [4.78, 5) is 30.3. The van der Waals surface area contributed by atoms with Gasteiger partial charge in [-0.3, -0.25) is 4.79 Å². The van der Waals surface area contributed by atoms with Gasteiger partial charge >= 0.3 is 12.3 Å². The largest absolute Gasteiger partial charge is 0.474 e. The number of fused-ring (bicyclic) bond motifs is 1. The zero-order valence-electron chi connectivity index (χ0n) is 19.5. The lowest BCUT2D eigenvalue weighted by Crippen LogP contribution is -2.52. The summed E-state index contributed by atoms with van der Waals surface area (Å²) in [5, 5.41) is 3.81. The number of hydrogen-bond donors (Lipinski definition) is 1. The fourth-order valence-electron chi connectivity index (χ4n) is 4.61. The van der Waals surface area contributed by atoms with Gasteiger partial charge in [0.25, 0.3) is 5.91 Å². The zero-order valence-corrected chi connectivity index (χ0v) is 20.4.